The fourth-order valence-electron chi connectivity index (χ4n) is 3.05. The molecule has 0 bridgehead atoms. The van der Waals surface area contributed by atoms with Crippen molar-refractivity contribution in [2.24, 2.45) is 0 Å². The summed E-state index contributed by atoms with van der Waals surface area (Å²) in [6, 6.07) is 13.7. The van der Waals surface area contributed by atoms with Crippen LogP contribution < -0.4 is 5.32 Å². The van der Waals surface area contributed by atoms with Crippen LogP contribution in [-0.4, -0.2) is 50.8 Å². The monoisotopic (exact) mass is 423 g/mol. The largest absolute Gasteiger partial charge is 0.336 e. The summed E-state index contributed by atoms with van der Waals surface area (Å²) >= 11 is 1.30. The molecule has 156 valence electrons. The van der Waals surface area contributed by atoms with E-state index >= 15 is 0 Å². The van der Waals surface area contributed by atoms with Crippen molar-refractivity contribution >= 4 is 29.3 Å². The Labute approximate surface area is 180 Å². The highest BCUT2D eigenvalue weighted by molar-refractivity contribution is 7.99. The number of carbonyl (C=O) groups excluding carboxylic acids is 2. The minimum atomic E-state index is -0.226. The number of para-hydroxylation sites is 2. The third-order valence-corrected chi connectivity index (χ3v) is 5.70. The Morgan fingerprint density at radius 1 is 1.03 bits per heavy atom. The molecule has 1 heterocycles. The number of likely N-dealkylation sites (N-methyl/N-ethyl adjacent to an activating group) is 1. The number of hydrogen-bond donors (Lipinski definition) is 1. The molecular formula is C22H25N5O2S. The topological polar surface area (TPSA) is 80.1 Å². The van der Waals surface area contributed by atoms with E-state index in [-0.39, 0.29) is 24.1 Å². The highest BCUT2D eigenvalue weighted by Gasteiger charge is 2.17. The van der Waals surface area contributed by atoms with Crippen molar-refractivity contribution in [3.63, 3.8) is 0 Å². The van der Waals surface area contributed by atoms with Crippen LogP contribution in [0.25, 0.3) is 5.69 Å². The third kappa shape index (κ3) is 5.07. The summed E-state index contributed by atoms with van der Waals surface area (Å²) in [5.74, 6) is -0.218. The Balaban J connectivity index is 1.58. The van der Waals surface area contributed by atoms with Gasteiger partial charge in [-0.25, -0.2) is 0 Å². The smallest absolute Gasteiger partial charge is 0.243 e. The lowest BCUT2D eigenvalue weighted by Crippen LogP contribution is -2.36. The van der Waals surface area contributed by atoms with E-state index in [0.717, 1.165) is 28.1 Å². The fraction of sp³-hybridized carbons (Fsp3) is 0.273. The van der Waals surface area contributed by atoms with Gasteiger partial charge in [0, 0.05) is 12.7 Å². The number of aromatic nitrogens is 3. The van der Waals surface area contributed by atoms with Gasteiger partial charge in [-0.2, -0.15) is 0 Å². The predicted octanol–water partition coefficient (Wildman–Crippen LogP) is 3.38. The van der Waals surface area contributed by atoms with Crippen LogP contribution >= 0.6 is 11.8 Å². The average molecular weight is 424 g/mol. The third-order valence-electron chi connectivity index (χ3n) is 4.77. The number of thioether (sulfide) groups is 1. The van der Waals surface area contributed by atoms with Crippen LogP contribution in [0.5, 0.6) is 0 Å². The lowest BCUT2D eigenvalue weighted by molar-refractivity contribution is -0.131. The van der Waals surface area contributed by atoms with Crippen LogP contribution in [0.3, 0.4) is 0 Å². The van der Waals surface area contributed by atoms with Crippen LogP contribution in [0.4, 0.5) is 5.69 Å². The molecule has 0 aliphatic rings. The van der Waals surface area contributed by atoms with Gasteiger partial charge in [0.25, 0.3) is 0 Å². The predicted molar refractivity (Wildman–Crippen MR) is 119 cm³/mol. The maximum Gasteiger partial charge on any atom is 0.243 e. The number of benzene rings is 2. The molecule has 3 rings (SSSR count). The quantitative estimate of drug-likeness (QED) is 0.589. The van der Waals surface area contributed by atoms with Crippen molar-refractivity contribution in [1.29, 1.82) is 0 Å². The van der Waals surface area contributed by atoms with E-state index in [1.807, 2.05) is 67.8 Å². The van der Waals surface area contributed by atoms with E-state index in [0.29, 0.717) is 5.16 Å². The van der Waals surface area contributed by atoms with Gasteiger partial charge in [0.15, 0.2) is 5.16 Å². The Hall–Kier alpha value is -3.13. The Morgan fingerprint density at radius 2 is 1.70 bits per heavy atom. The van der Waals surface area contributed by atoms with Gasteiger partial charge in [-0.1, -0.05) is 48.2 Å². The van der Waals surface area contributed by atoms with E-state index in [4.69, 9.17) is 0 Å². The zero-order valence-electron chi connectivity index (χ0n) is 17.5. The van der Waals surface area contributed by atoms with Crippen molar-refractivity contribution in [2.75, 3.05) is 24.7 Å². The zero-order valence-corrected chi connectivity index (χ0v) is 18.4. The number of nitrogens with zero attached hydrogens (tertiary/aromatic N) is 4. The van der Waals surface area contributed by atoms with E-state index in [2.05, 4.69) is 15.5 Å². The summed E-state index contributed by atoms with van der Waals surface area (Å²) in [5.41, 5.74) is 4.83. The molecule has 2 amide bonds. The first-order valence-electron chi connectivity index (χ1n) is 9.55. The maximum absolute atomic E-state index is 12.5. The minimum absolute atomic E-state index is 0.0162. The van der Waals surface area contributed by atoms with Crippen molar-refractivity contribution in [3.8, 4) is 5.69 Å². The maximum atomic E-state index is 12.5. The number of carbonyl (C=O) groups is 2. The first kappa shape index (κ1) is 21.6. The number of rotatable bonds is 7. The van der Waals surface area contributed by atoms with Crippen LogP contribution in [-0.2, 0) is 9.59 Å². The van der Waals surface area contributed by atoms with Gasteiger partial charge in [0.2, 0.25) is 11.8 Å². The van der Waals surface area contributed by atoms with Crippen LogP contribution in [0.1, 0.15) is 16.7 Å². The number of aryl methyl sites for hydroxylation is 3. The van der Waals surface area contributed by atoms with Gasteiger partial charge in [-0.15, -0.1) is 10.2 Å². The molecule has 0 atom stereocenters. The SMILES string of the molecule is Cc1ccccc1-n1cnnc1SCC(=O)N(C)CC(=O)Nc1c(C)cccc1C. The Bertz CT molecular complexity index is 1040. The normalized spacial score (nSPS) is 10.7. The summed E-state index contributed by atoms with van der Waals surface area (Å²) in [6.07, 6.45) is 1.64. The number of anilines is 1. The van der Waals surface area contributed by atoms with Gasteiger partial charge < -0.3 is 10.2 Å². The molecule has 0 spiro atoms. The highest BCUT2D eigenvalue weighted by Crippen LogP contribution is 2.22. The summed E-state index contributed by atoms with van der Waals surface area (Å²) in [6.45, 7) is 5.88. The second kappa shape index (κ2) is 9.58. The summed E-state index contributed by atoms with van der Waals surface area (Å²) in [5, 5.41) is 11.6. The summed E-state index contributed by atoms with van der Waals surface area (Å²) < 4.78 is 1.86. The highest BCUT2D eigenvalue weighted by atomic mass is 32.2. The minimum Gasteiger partial charge on any atom is -0.336 e. The molecule has 0 radical (unpaired) electrons. The molecule has 2 aromatic carbocycles. The molecule has 0 saturated heterocycles. The van der Waals surface area contributed by atoms with Crippen LogP contribution in [0.15, 0.2) is 53.9 Å². The second-order valence-corrected chi connectivity index (χ2v) is 8.07. The second-order valence-electron chi connectivity index (χ2n) is 7.12. The van der Waals surface area contributed by atoms with Crippen molar-refractivity contribution in [3.05, 3.63) is 65.5 Å². The number of hydrogen-bond acceptors (Lipinski definition) is 5. The molecule has 30 heavy (non-hydrogen) atoms. The lowest BCUT2D eigenvalue weighted by Gasteiger charge is -2.18. The van der Waals surface area contributed by atoms with E-state index < -0.39 is 0 Å². The molecule has 0 saturated carbocycles. The molecule has 7 nitrogen and oxygen atoms in total. The van der Waals surface area contributed by atoms with Gasteiger partial charge in [0.05, 0.1) is 18.0 Å². The molecule has 0 aliphatic heterocycles. The molecule has 3 aromatic rings. The van der Waals surface area contributed by atoms with Gasteiger partial charge in [-0.3, -0.25) is 14.2 Å². The van der Waals surface area contributed by atoms with E-state index in [1.165, 1.54) is 16.7 Å². The zero-order chi connectivity index (χ0) is 21.7. The van der Waals surface area contributed by atoms with E-state index in [1.54, 1.807) is 13.4 Å². The Kier molecular flexibility index (Phi) is 6.89. The van der Waals surface area contributed by atoms with Crippen molar-refractivity contribution in [2.45, 2.75) is 25.9 Å². The molecule has 1 aromatic heterocycles. The lowest BCUT2D eigenvalue weighted by atomic mass is 10.1. The molecule has 1 N–H and O–H groups in total. The average Bonchev–Trinajstić information content (AvgIpc) is 3.17. The van der Waals surface area contributed by atoms with Crippen molar-refractivity contribution in [1.82, 2.24) is 19.7 Å². The molecule has 0 fully saturated rings. The van der Waals surface area contributed by atoms with Gasteiger partial charge in [-0.05, 0) is 43.5 Å². The van der Waals surface area contributed by atoms with Gasteiger partial charge >= 0.3 is 0 Å². The summed E-state index contributed by atoms with van der Waals surface area (Å²) in [7, 11) is 1.62. The summed E-state index contributed by atoms with van der Waals surface area (Å²) in [4.78, 5) is 26.4. The standard InChI is InChI=1S/C22H25N5O2S/c1-15-8-5-6-11-18(15)27-14-23-25-22(27)30-13-20(29)26(4)12-19(28)24-21-16(2)9-7-10-17(21)3/h5-11,14H,12-13H2,1-4H3,(H,24,28). The molecule has 0 unspecified atom stereocenters. The van der Waals surface area contributed by atoms with Crippen LogP contribution in [0, 0.1) is 20.8 Å². The fourth-order valence-corrected chi connectivity index (χ4v) is 3.91. The first-order chi connectivity index (χ1) is 14.4. The first-order valence-corrected chi connectivity index (χ1v) is 10.5. The number of amides is 2. The molecular weight excluding hydrogens is 398 g/mol. The molecule has 0 aliphatic carbocycles. The number of nitrogens with one attached hydrogen (secondary N) is 1. The van der Waals surface area contributed by atoms with E-state index in [9.17, 15) is 9.59 Å². The molecule has 8 heteroatoms. The Morgan fingerprint density at radius 3 is 2.40 bits per heavy atom. The van der Waals surface area contributed by atoms with Gasteiger partial charge in [0.1, 0.15) is 6.33 Å². The van der Waals surface area contributed by atoms with Crippen LogP contribution in [0.2, 0.25) is 0 Å². The van der Waals surface area contributed by atoms with Crippen molar-refractivity contribution < 1.29 is 9.59 Å².